The molecule has 0 aliphatic carbocycles. The molecule has 0 fully saturated rings. The lowest BCUT2D eigenvalue weighted by atomic mass is 10.0. The molecule has 1 aromatic carbocycles. The van der Waals surface area contributed by atoms with E-state index in [2.05, 4.69) is 13.5 Å². The highest BCUT2D eigenvalue weighted by Crippen LogP contribution is 2.38. The Balaban J connectivity index is 2.19. The zero-order valence-electron chi connectivity index (χ0n) is 11.4. The summed E-state index contributed by atoms with van der Waals surface area (Å²) in [7, 11) is 0. The predicted octanol–water partition coefficient (Wildman–Crippen LogP) is 2.65. The Morgan fingerprint density at radius 3 is 2.84 bits per heavy atom. The molecule has 0 aromatic heterocycles. The molecule has 104 valence electrons. The Labute approximate surface area is 114 Å². The van der Waals surface area contributed by atoms with E-state index in [4.69, 9.17) is 19.9 Å². The topological polar surface area (TPSA) is 53.7 Å². The van der Waals surface area contributed by atoms with Gasteiger partial charge < -0.3 is 19.9 Å². The molecule has 1 aliphatic heterocycles. The van der Waals surface area contributed by atoms with Crippen molar-refractivity contribution in [3.05, 3.63) is 30.4 Å². The van der Waals surface area contributed by atoms with Crippen LogP contribution in [0.25, 0.3) is 0 Å². The second kappa shape index (κ2) is 6.48. The maximum absolute atomic E-state index is 6.03. The Bertz CT molecular complexity index is 445. The lowest BCUT2D eigenvalue weighted by Crippen LogP contribution is -2.21. The third kappa shape index (κ3) is 3.41. The van der Waals surface area contributed by atoms with Gasteiger partial charge in [-0.05, 0) is 30.9 Å². The van der Waals surface area contributed by atoms with Crippen LogP contribution in [0, 0.1) is 0 Å². The van der Waals surface area contributed by atoms with Crippen molar-refractivity contribution in [3.63, 3.8) is 0 Å². The number of hydrogen-bond acceptors (Lipinski definition) is 4. The fraction of sp³-hybridized carbons (Fsp3) is 0.467. The maximum Gasteiger partial charge on any atom is 0.231 e. The molecule has 0 saturated heterocycles. The first-order chi connectivity index (χ1) is 9.24. The van der Waals surface area contributed by atoms with E-state index in [-0.39, 0.29) is 12.8 Å². The van der Waals surface area contributed by atoms with E-state index in [1.54, 1.807) is 0 Å². The van der Waals surface area contributed by atoms with Crippen LogP contribution in [0.4, 0.5) is 0 Å². The molecule has 1 aliphatic rings. The molecule has 0 amide bonds. The Hall–Kier alpha value is -1.68. The highest BCUT2D eigenvalue weighted by atomic mass is 16.7. The number of ether oxygens (including phenoxy) is 3. The molecular weight excluding hydrogens is 242 g/mol. The third-order valence-corrected chi connectivity index (χ3v) is 3.14. The van der Waals surface area contributed by atoms with Crippen molar-refractivity contribution in [1.82, 2.24) is 0 Å². The van der Waals surface area contributed by atoms with Crippen LogP contribution >= 0.6 is 0 Å². The summed E-state index contributed by atoms with van der Waals surface area (Å²) >= 11 is 0. The van der Waals surface area contributed by atoms with E-state index >= 15 is 0 Å². The summed E-state index contributed by atoms with van der Waals surface area (Å²) in [5.74, 6) is 2.34. The van der Waals surface area contributed by atoms with E-state index in [1.807, 2.05) is 18.2 Å². The Morgan fingerprint density at radius 1 is 1.42 bits per heavy atom. The minimum atomic E-state index is 0.127. The van der Waals surface area contributed by atoms with Gasteiger partial charge in [0.15, 0.2) is 11.5 Å². The summed E-state index contributed by atoms with van der Waals surface area (Å²) in [4.78, 5) is 0. The number of fused-ring (bicyclic) bond motifs is 1. The van der Waals surface area contributed by atoms with Crippen molar-refractivity contribution in [3.8, 4) is 17.2 Å². The Morgan fingerprint density at radius 2 is 2.16 bits per heavy atom. The van der Waals surface area contributed by atoms with Gasteiger partial charge in [0.2, 0.25) is 6.79 Å². The molecule has 4 nitrogen and oxygen atoms in total. The van der Waals surface area contributed by atoms with Crippen LogP contribution in [-0.4, -0.2) is 19.4 Å². The van der Waals surface area contributed by atoms with Gasteiger partial charge in [0, 0.05) is 12.1 Å². The first-order valence-electron chi connectivity index (χ1n) is 6.66. The smallest absolute Gasteiger partial charge is 0.231 e. The van der Waals surface area contributed by atoms with Crippen molar-refractivity contribution in [1.29, 1.82) is 0 Å². The summed E-state index contributed by atoms with van der Waals surface area (Å²) in [5.41, 5.74) is 7.10. The van der Waals surface area contributed by atoms with E-state index in [1.165, 1.54) is 0 Å². The molecule has 0 radical (unpaired) electrons. The molecule has 1 unspecified atom stereocenters. The van der Waals surface area contributed by atoms with Crippen molar-refractivity contribution in [2.45, 2.75) is 32.2 Å². The van der Waals surface area contributed by atoms with E-state index in [0.717, 1.165) is 42.1 Å². The van der Waals surface area contributed by atoms with Gasteiger partial charge >= 0.3 is 0 Å². The lowest BCUT2D eigenvalue weighted by Gasteiger charge is -2.15. The number of hydrogen-bond donors (Lipinski definition) is 1. The lowest BCUT2D eigenvalue weighted by molar-refractivity contribution is 0.173. The van der Waals surface area contributed by atoms with Crippen molar-refractivity contribution in [2.75, 3.05) is 13.4 Å². The zero-order chi connectivity index (χ0) is 13.7. The average Bonchev–Trinajstić information content (AvgIpc) is 2.86. The molecule has 0 saturated carbocycles. The van der Waals surface area contributed by atoms with Crippen LogP contribution in [0.3, 0.4) is 0 Å². The summed E-state index contributed by atoms with van der Waals surface area (Å²) in [6, 6.07) is 3.99. The van der Waals surface area contributed by atoms with E-state index in [9.17, 15) is 0 Å². The fourth-order valence-corrected chi connectivity index (χ4v) is 1.94. The summed E-state index contributed by atoms with van der Waals surface area (Å²) < 4.78 is 16.6. The van der Waals surface area contributed by atoms with Gasteiger partial charge in [-0.3, -0.25) is 0 Å². The van der Waals surface area contributed by atoms with Gasteiger partial charge in [-0.1, -0.05) is 13.0 Å². The SMILES string of the molecule is C=CCCOc1cc2c(cc1CC(N)CC)OCO2. The largest absolute Gasteiger partial charge is 0.493 e. The molecule has 4 heteroatoms. The molecule has 1 heterocycles. The van der Waals surface area contributed by atoms with Crippen LogP contribution in [-0.2, 0) is 6.42 Å². The first kappa shape index (κ1) is 13.7. The molecule has 2 rings (SSSR count). The summed E-state index contributed by atoms with van der Waals surface area (Å²) in [5, 5.41) is 0. The molecule has 0 spiro atoms. The zero-order valence-corrected chi connectivity index (χ0v) is 11.4. The molecule has 19 heavy (non-hydrogen) atoms. The molecule has 1 aromatic rings. The molecular formula is C15H21NO3. The summed E-state index contributed by atoms with van der Waals surface area (Å²) in [6.07, 6.45) is 4.36. The van der Waals surface area contributed by atoms with E-state index < -0.39 is 0 Å². The van der Waals surface area contributed by atoms with Gasteiger partial charge in [0.1, 0.15) is 5.75 Å². The first-order valence-corrected chi connectivity index (χ1v) is 6.66. The van der Waals surface area contributed by atoms with Crippen LogP contribution in [0.15, 0.2) is 24.8 Å². The number of benzene rings is 1. The van der Waals surface area contributed by atoms with E-state index in [0.29, 0.717) is 6.61 Å². The standard InChI is InChI=1S/C15H21NO3/c1-3-5-6-17-13-9-15-14(18-10-19-15)8-11(13)7-12(16)4-2/h3,8-9,12H,1,4-7,10,16H2,2H3. The van der Waals surface area contributed by atoms with Gasteiger partial charge in [-0.15, -0.1) is 6.58 Å². The second-order valence-electron chi connectivity index (χ2n) is 4.61. The predicted molar refractivity (Wildman–Crippen MR) is 74.8 cm³/mol. The highest BCUT2D eigenvalue weighted by Gasteiger charge is 2.19. The van der Waals surface area contributed by atoms with Crippen LogP contribution in [0.1, 0.15) is 25.3 Å². The van der Waals surface area contributed by atoms with Crippen molar-refractivity contribution < 1.29 is 14.2 Å². The fourth-order valence-electron chi connectivity index (χ4n) is 1.94. The van der Waals surface area contributed by atoms with Crippen LogP contribution in [0.2, 0.25) is 0 Å². The monoisotopic (exact) mass is 263 g/mol. The van der Waals surface area contributed by atoms with Gasteiger partial charge in [0.25, 0.3) is 0 Å². The van der Waals surface area contributed by atoms with Crippen molar-refractivity contribution in [2.24, 2.45) is 5.73 Å². The molecule has 0 bridgehead atoms. The third-order valence-electron chi connectivity index (χ3n) is 3.14. The van der Waals surface area contributed by atoms with Crippen LogP contribution < -0.4 is 19.9 Å². The van der Waals surface area contributed by atoms with Gasteiger partial charge in [-0.2, -0.15) is 0 Å². The van der Waals surface area contributed by atoms with Gasteiger partial charge in [-0.25, -0.2) is 0 Å². The average molecular weight is 263 g/mol. The number of rotatable bonds is 7. The van der Waals surface area contributed by atoms with Gasteiger partial charge in [0.05, 0.1) is 6.61 Å². The summed E-state index contributed by atoms with van der Waals surface area (Å²) in [6.45, 7) is 6.65. The minimum absolute atomic E-state index is 0.127. The number of nitrogens with two attached hydrogens (primary N) is 1. The highest BCUT2D eigenvalue weighted by molar-refractivity contribution is 5.52. The normalized spacial score (nSPS) is 14.2. The van der Waals surface area contributed by atoms with Crippen molar-refractivity contribution >= 4 is 0 Å². The Kier molecular flexibility index (Phi) is 4.68. The molecule has 1 atom stereocenters. The molecule has 2 N–H and O–H groups in total. The quantitative estimate of drug-likeness (QED) is 0.607. The maximum atomic E-state index is 6.03. The second-order valence-corrected chi connectivity index (χ2v) is 4.61. The minimum Gasteiger partial charge on any atom is -0.493 e. The van der Waals surface area contributed by atoms with Crippen LogP contribution in [0.5, 0.6) is 17.2 Å².